The Kier molecular flexibility index (Phi) is 13.3. The van der Waals surface area contributed by atoms with Crippen molar-refractivity contribution in [3.05, 3.63) is 0 Å². The summed E-state index contributed by atoms with van der Waals surface area (Å²) in [6.45, 7) is 4.89. The number of rotatable bonds is 8. The fraction of sp³-hybridized carbons (Fsp3) is 0.938. The molecule has 6 heteroatoms. The topological polar surface area (TPSA) is 48.9 Å². The fourth-order valence-electron chi connectivity index (χ4n) is 2.96. The molecule has 1 aliphatic rings. The van der Waals surface area contributed by atoms with Crippen LogP contribution in [0.4, 0.5) is 0 Å². The molecular weight excluding hydrogens is 391 g/mol. The van der Waals surface area contributed by atoms with E-state index in [0.717, 1.165) is 31.5 Å². The minimum absolute atomic E-state index is 0. The predicted molar refractivity (Wildman–Crippen MR) is 105 cm³/mol. The molecule has 0 amide bonds. The minimum atomic E-state index is 0. The molecule has 0 bridgehead atoms. The highest BCUT2D eigenvalue weighted by Crippen LogP contribution is 2.21. The molecule has 0 aliphatic heterocycles. The summed E-state index contributed by atoms with van der Waals surface area (Å²) < 4.78 is 5.12. The van der Waals surface area contributed by atoms with Crippen LogP contribution in [0.25, 0.3) is 0 Å². The van der Waals surface area contributed by atoms with Crippen molar-refractivity contribution in [3.8, 4) is 0 Å². The maximum absolute atomic E-state index is 5.12. The van der Waals surface area contributed by atoms with Gasteiger partial charge in [0.05, 0.1) is 6.61 Å². The molecule has 22 heavy (non-hydrogen) atoms. The monoisotopic (exact) mass is 426 g/mol. The van der Waals surface area contributed by atoms with E-state index in [1.165, 1.54) is 32.1 Å². The van der Waals surface area contributed by atoms with Crippen molar-refractivity contribution in [1.29, 1.82) is 0 Å². The number of halogens is 1. The van der Waals surface area contributed by atoms with Crippen LogP contribution in [0.2, 0.25) is 0 Å². The molecule has 2 N–H and O–H groups in total. The highest BCUT2D eigenvalue weighted by Gasteiger charge is 2.17. The molecule has 0 heterocycles. The number of aliphatic imine (C=N–C) groups is 1. The van der Waals surface area contributed by atoms with Gasteiger partial charge in [0.1, 0.15) is 0 Å². The summed E-state index contributed by atoms with van der Waals surface area (Å²) in [4.78, 5) is 6.77. The first-order valence-electron chi connectivity index (χ1n) is 8.33. The van der Waals surface area contributed by atoms with Gasteiger partial charge in [0.15, 0.2) is 5.96 Å². The normalized spacial score (nSPS) is 18.0. The zero-order valence-corrected chi connectivity index (χ0v) is 17.1. The van der Waals surface area contributed by atoms with Gasteiger partial charge in [-0.25, -0.2) is 0 Å². The smallest absolute Gasteiger partial charge is 0.191 e. The third-order valence-corrected chi connectivity index (χ3v) is 4.20. The van der Waals surface area contributed by atoms with Crippen LogP contribution < -0.4 is 10.6 Å². The Morgan fingerprint density at radius 2 is 2.00 bits per heavy atom. The van der Waals surface area contributed by atoms with E-state index < -0.39 is 0 Å². The van der Waals surface area contributed by atoms with Crippen LogP contribution in [0.15, 0.2) is 4.99 Å². The molecule has 132 valence electrons. The van der Waals surface area contributed by atoms with Crippen LogP contribution >= 0.6 is 24.0 Å². The lowest BCUT2D eigenvalue weighted by atomic mass is 9.94. The molecule has 0 radical (unpaired) electrons. The first-order valence-corrected chi connectivity index (χ1v) is 8.33. The third kappa shape index (κ3) is 9.15. The van der Waals surface area contributed by atoms with E-state index in [4.69, 9.17) is 4.74 Å². The minimum Gasteiger partial charge on any atom is -0.383 e. The standard InChI is InChI=1S/C16H34N4O.HI/c1-14(13-21-4)19-16(17-2)18-11-8-12-20(3)15-9-6-5-7-10-15;/h14-15H,5-13H2,1-4H3,(H2,17,18,19);1H. The summed E-state index contributed by atoms with van der Waals surface area (Å²) in [6, 6.07) is 1.07. The Morgan fingerprint density at radius 3 is 2.59 bits per heavy atom. The Hall–Kier alpha value is -0.0800. The molecular formula is C16H35IN4O. The van der Waals surface area contributed by atoms with Gasteiger partial charge in [0.2, 0.25) is 0 Å². The van der Waals surface area contributed by atoms with E-state index in [2.05, 4.69) is 34.5 Å². The van der Waals surface area contributed by atoms with Crippen LogP contribution in [0.5, 0.6) is 0 Å². The second kappa shape index (κ2) is 13.4. The molecule has 1 atom stereocenters. The Labute approximate surface area is 153 Å². The SMILES string of the molecule is CN=C(NCCCN(C)C1CCCCC1)NC(C)COC.I. The summed E-state index contributed by atoms with van der Waals surface area (Å²) in [6.07, 6.45) is 8.13. The van der Waals surface area contributed by atoms with Crippen molar-refractivity contribution in [2.24, 2.45) is 4.99 Å². The molecule has 1 unspecified atom stereocenters. The lowest BCUT2D eigenvalue weighted by Gasteiger charge is -2.31. The largest absolute Gasteiger partial charge is 0.383 e. The van der Waals surface area contributed by atoms with Crippen LogP contribution in [0.3, 0.4) is 0 Å². The van der Waals surface area contributed by atoms with Crippen molar-refractivity contribution in [2.75, 3.05) is 40.9 Å². The van der Waals surface area contributed by atoms with Gasteiger partial charge in [0, 0.05) is 32.8 Å². The molecule has 0 saturated heterocycles. The molecule has 1 aliphatic carbocycles. The molecule has 0 aromatic heterocycles. The maximum atomic E-state index is 5.12. The zero-order valence-electron chi connectivity index (χ0n) is 14.7. The lowest BCUT2D eigenvalue weighted by molar-refractivity contribution is 0.178. The summed E-state index contributed by atoms with van der Waals surface area (Å²) >= 11 is 0. The van der Waals surface area contributed by atoms with Gasteiger partial charge in [-0.05, 0) is 39.8 Å². The molecule has 0 aromatic rings. The number of hydrogen-bond donors (Lipinski definition) is 2. The predicted octanol–water partition coefficient (Wildman–Crippen LogP) is 2.46. The molecule has 0 spiro atoms. The first kappa shape index (κ1) is 21.9. The summed E-state index contributed by atoms with van der Waals surface area (Å²) in [5.41, 5.74) is 0. The van der Waals surface area contributed by atoms with Crippen molar-refractivity contribution in [1.82, 2.24) is 15.5 Å². The van der Waals surface area contributed by atoms with E-state index in [0.29, 0.717) is 6.61 Å². The number of ether oxygens (including phenoxy) is 1. The number of nitrogens with zero attached hydrogens (tertiary/aromatic N) is 2. The second-order valence-corrected chi connectivity index (χ2v) is 6.13. The first-order chi connectivity index (χ1) is 10.2. The highest BCUT2D eigenvalue weighted by molar-refractivity contribution is 14.0. The fourth-order valence-corrected chi connectivity index (χ4v) is 2.96. The zero-order chi connectivity index (χ0) is 15.5. The lowest BCUT2D eigenvalue weighted by Crippen LogP contribution is -2.44. The second-order valence-electron chi connectivity index (χ2n) is 6.13. The van der Waals surface area contributed by atoms with E-state index >= 15 is 0 Å². The van der Waals surface area contributed by atoms with Crippen LogP contribution in [0, 0.1) is 0 Å². The summed E-state index contributed by atoms with van der Waals surface area (Å²) in [7, 11) is 5.79. The van der Waals surface area contributed by atoms with Gasteiger partial charge in [-0.2, -0.15) is 0 Å². The maximum Gasteiger partial charge on any atom is 0.191 e. The molecule has 5 nitrogen and oxygen atoms in total. The van der Waals surface area contributed by atoms with Crippen molar-refractivity contribution in [2.45, 2.75) is 57.5 Å². The number of guanidine groups is 1. The Morgan fingerprint density at radius 1 is 1.32 bits per heavy atom. The van der Waals surface area contributed by atoms with E-state index in [-0.39, 0.29) is 30.0 Å². The van der Waals surface area contributed by atoms with Crippen LogP contribution in [-0.4, -0.2) is 63.8 Å². The molecule has 1 saturated carbocycles. The number of methoxy groups -OCH3 is 1. The van der Waals surface area contributed by atoms with E-state index in [1.54, 1.807) is 7.11 Å². The quantitative estimate of drug-likeness (QED) is 0.271. The average Bonchev–Trinajstić information content (AvgIpc) is 2.51. The van der Waals surface area contributed by atoms with Crippen LogP contribution in [0.1, 0.15) is 45.4 Å². The molecule has 0 aromatic carbocycles. The Bertz CT molecular complexity index is 296. The van der Waals surface area contributed by atoms with Gasteiger partial charge < -0.3 is 20.3 Å². The molecule has 1 rings (SSSR count). The van der Waals surface area contributed by atoms with Crippen molar-refractivity contribution < 1.29 is 4.74 Å². The van der Waals surface area contributed by atoms with Gasteiger partial charge in [-0.15, -0.1) is 24.0 Å². The van der Waals surface area contributed by atoms with E-state index in [1.807, 2.05) is 7.05 Å². The van der Waals surface area contributed by atoms with Crippen molar-refractivity contribution in [3.63, 3.8) is 0 Å². The van der Waals surface area contributed by atoms with Crippen molar-refractivity contribution >= 4 is 29.9 Å². The Balaban J connectivity index is 0.00000441. The molecule has 1 fully saturated rings. The number of nitrogens with one attached hydrogen (secondary N) is 2. The van der Waals surface area contributed by atoms with Gasteiger partial charge in [-0.3, -0.25) is 4.99 Å². The van der Waals surface area contributed by atoms with Gasteiger partial charge in [0.25, 0.3) is 0 Å². The highest BCUT2D eigenvalue weighted by atomic mass is 127. The number of hydrogen-bond acceptors (Lipinski definition) is 3. The van der Waals surface area contributed by atoms with E-state index in [9.17, 15) is 0 Å². The van der Waals surface area contributed by atoms with Gasteiger partial charge in [-0.1, -0.05) is 19.3 Å². The summed E-state index contributed by atoms with van der Waals surface area (Å²) in [5, 5.41) is 6.69. The van der Waals surface area contributed by atoms with Gasteiger partial charge >= 0.3 is 0 Å². The summed E-state index contributed by atoms with van der Waals surface area (Å²) in [5.74, 6) is 0.861. The van der Waals surface area contributed by atoms with Crippen LogP contribution in [-0.2, 0) is 4.74 Å². The third-order valence-electron chi connectivity index (χ3n) is 4.20. The average molecular weight is 426 g/mol.